The molecule has 2 aromatic rings. The maximum absolute atomic E-state index is 11.5. The Hall–Kier alpha value is -2.93. The van der Waals surface area contributed by atoms with Crippen molar-refractivity contribution in [1.29, 1.82) is 0 Å². The fraction of sp³-hybridized carbons (Fsp3) is 0.222. The van der Waals surface area contributed by atoms with E-state index in [4.69, 9.17) is 11.6 Å². The van der Waals surface area contributed by atoms with Crippen molar-refractivity contribution in [2.45, 2.75) is 18.4 Å². The standard InChI is InChI=1S/C18H14ClN3O4/c19-11-8-15-13-5-2-6-14(13)17(20-18(15)16(9-11)22(25)26)10-3-1-4-12(7-10)21(23)24/h1-5,7-9,13-14,17,20H,6H2/t13-,14-,17-/m0/s1. The fourth-order valence-electron chi connectivity index (χ4n) is 3.95. The van der Waals surface area contributed by atoms with Gasteiger partial charge < -0.3 is 5.32 Å². The number of hydrogen-bond donors (Lipinski definition) is 1. The van der Waals surface area contributed by atoms with Crippen molar-refractivity contribution in [2.75, 3.05) is 5.32 Å². The van der Waals surface area contributed by atoms with Gasteiger partial charge in [0.15, 0.2) is 0 Å². The molecule has 0 unspecified atom stereocenters. The average Bonchev–Trinajstić information content (AvgIpc) is 3.10. The van der Waals surface area contributed by atoms with Gasteiger partial charge in [0, 0.05) is 29.1 Å². The summed E-state index contributed by atoms with van der Waals surface area (Å²) in [7, 11) is 0. The third kappa shape index (κ3) is 2.61. The number of nitrogens with zero attached hydrogens (tertiary/aromatic N) is 2. The SMILES string of the molecule is O=[N+]([O-])c1cccc([C@@H]2Nc3c(cc(Cl)cc3[N+](=O)[O-])[C@H]3C=CC[C@@H]32)c1. The van der Waals surface area contributed by atoms with E-state index in [1.54, 1.807) is 12.1 Å². The summed E-state index contributed by atoms with van der Waals surface area (Å²) < 4.78 is 0. The number of fused-ring (bicyclic) bond motifs is 3. The largest absolute Gasteiger partial charge is 0.372 e. The summed E-state index contributed by atoms with van der Waals surface area (Å²) in [4.78, 5) is 21.7. The number of nitrogens with one attached hydrogen (secondary N) is 1. The molecule has 26 heavy (non-hydrogen) atoms. The van der Waals surface area contributed by atoms with Crippen LogP contribution in [-0.2, 0) is 0 Å². The molecular weight excluding hydrogens is 358 g/mol. The minimum atomic E-state index is -0.457. The number of nitro groups is 2. The van der Waals surface area contributed by atoms with Crippen LogP contribution in [0.5, 0.6) is 0 Å². The Morgan fingerprint density at radius 3 is 2.65 bits per heavy atom. The summed E-state index contributed by atoms with van der Waals surface area (Å²) in [6.45, 7) is 0. The fourth-order valence-corrected chi connectivity index (χ4v) is 4.17. The highest BCUT2D eigenvalue weighted by molar-refractivity contribution is 6.31. The zero-order valence-corrected chi connectivity index (χ0v) is 14.2. The van der Waals surface area contributed by atoms with Crippen LogP contribution >= 0.6 is 11.6 Å². The minimum Gasteiger partial charge on any atom is -0.372 e. The molecule has 0 spiro atoms. The Bertz CT molecular complexity index is 959. The van der Waals surface area contributed by atoms with Crippen LogP contribution in [0.1, 0.15) is 29.5 Å². The van der Waals surface area contributed by atoms with E-state index >= 15 is 0 Å². The smallest absolute Gasteiger partial charge is 0.294 e. The molecule has 0 fully saturated rings. The molecule has 2 aromatic carbocycles. The first-order valence-electron chi connectivity index (χ1n) is 8.11. The van der Waals surface area contributed by atoms with Crippen LogP contribution < -0.4 is 5.32 Å². The lowest BCUT2D eigenvalue weighted by molar-refractivity contribution is -0.384. The number of hydrogen-bond acceptors (Lipinski definition) is 5. The first kappa shape index (κ1) is 16.5. The van der Waals surface area contributed by atoms with Crippen molar-refractivity contribution in [3.8, 4) is 0 Å². The Kier molecular flexibility index (Phi) is 3.88. The summed E-state index contributed by atoms with van der Waals surface area (Å²) in [5, 5.41) is 26.2. The van der Waals surface area contributed by atoms with Crippen LogP contribution in [0.15, 0.2) is 48.6 Å². The van der Waals surface area contributed by atoms with Gasteiger partial charge in [-0.15, -0.1) is 0 Å². The summed E-state index contributed by atoms with van der Waals surface area (Å²) in [6.07, 6.45) is 4.86. The third-order valence-electron chi connectivity index (χ3n) is 5.05. The average molecular weight is 372 g/mol. The van der Waals surface area contributed by atoms with E-state index < -0.39 is 9.85 Å². The monoisotopic (exact) mass is 371 g/mol. The number of rotatable bonds is 3. The van der Waals surface area contributed by atoms with Crippen LogP contribution in [0.3, 0.4) is 0 Å². The lowest BCUT2D eigenvalue weighted by Gasteiger charge is -2.37. The van der Waals surface area contributed by atoms with Gasteiger partial charge in [-0.2, -0.15) is 0 Å². The molecule has 1 aliphatic carbocycles. The molecule has 0 radical (unpaired) electrons. The molecule has 0 amide bonds. The van der Waals surface area contributed by atoms with Crippen molar-refractivity contribution < 1.29 is 9.85 Å². The highest BCUT2D eigenvalue weighted by atomic mass is 35.5. The normalized spacial score (nSPS) is 23.0. The van der Waals surface area contributed by atoms with Crippen LogP contribution in [0.2, 0.25) is 5.02 Å². The van der Waals surface area contributed by atoms with Gasteiger partial charge in [0.25, 0.3) is 11.4 Å². The Morgan fingerprint density at radius 1 is 1.12 bits per heavy atom. The number of halogens is 1. The van der Waals surface area contributed by atoms with Gasteiger partial charge in [-0.1, -0.05) is 35.9 Å². The predicted molar refractivity (Wildman–Crippen MR) is 97.6 cm³/mol. The quantitative estimate of drug-likeness (QED) is 0.466. The van der Waals surface area contributed by atoms with Gasteiger partial charge in [0.1, 0.15) is 5.69 Å². The van der Waals surface area contributed by atoms with Crippen molar-refractivity contribution in [2.24, 2.45) is 5.92 Å². The van der Waals surface area contributed by atoms with Gasteiger partial charge in [0.2, 0.25) is 0 Å². The minimum absolute atomic E-state index is 0.00297. The lowest BCUT2D eigenvalue weighted by atomic mass is 9.76. The molecule has 1 heterocycles. The van der Waals surface area contributed by atoms with E-state index in [1.807, 2.05) is 18.2 Å². The number of non-ortho nitro benzene ring substituents is 1. The zero-order valence-electron chi connectivity index (χ0n) is 13.5. The summed E-state index contributed by atoms with van der Waals surface area (Å²) in [6, 6.07) is 9.24. The molecule has 7 nitrogen and oxygen atoms in total. The van der Waals surface area contributed by atoms with E-state index in [0.717, 1.165) is 17.5 Å². The van der Waals surface area contributed by atoms with Crippen molar-refractivity contribution in [1.82, 2.24) is 0 Å². The molecule has 132 valence electrons. The molecule has 3 atom stereocenters. The molecule has 0 saturated carbocycles. The highest BCUT2D eigenvalue weighted by Crippen LogP contribution is 2.53. The van der Waals surface area contributed by atoms with Gasteiger partial charge in [-0.3, -0.25) is 20.2 Å². The Morgan fingerprint density at radius 2 is 1.92 bits per heavy atom. The summed E-state index contributed by atoms with van der Waals surface area (Å²) in [5.41, 5.74) is 1.89. The molecule has 1 N–H and O–H groups in total. The third-order valence-corrected chi connectivity index (χ3v) is 5.27. The number of anilines is 1. The first-order valence-corrected chi connectivity index (χ1v) is 8.49. The van der Waals surface area contributed by atoms with Crippen molar-refractivity contribution in [3.63, 3.8) is 0 Å². The number of benzene rings is 2. The number of allylic oxidation sites excluding steroid dienone is 2. The molecule has 4 rings (SSSR count). The van der Waals surface area contributed by atoms with Crippen molar-refractivity contribution >= 4 is 28.7 Å². The van der Waals surface area contributed by atoms with E-state index in [1.165, 1.54) is 18.2 Å². The number of nitro benzene ring substituents is 2. The van der Waals surface area contributed by atoms with Gasteiger partial charge >= 0.3 is 0 Å². The molecule has 0 bridgehead atoms. The Balaban J connectivity index is 1.85. The van der Waals surface area contributed by atoms with Crippen LogP contribution in [-0.4, -0.2) is 9.85 Å². The van der Waals surface area contributed by atoms with Crippen LogP contribution in [0.4, 0.5) is 17.1 Å². The van der Waals surface area contributed by atoms with Gasteiger partial charge in [-0.25, -0.2) is 0 Å². The Labute approximate surface area is 153 Å². The predicted octanol–water partition coefficient (Wildman–Crippen LogP) is 4.98. The van der Waals surface area contributed by atoms with Gasteiger partial charge in [0.05, 0.1) is 15.9 Å². The van der Waals surface area contributed by atoms with Gasteiger partial charge in [-0.05, 0) is 29.5 Å². The second-order valence-electron chi connectivity index (χ2n) is 6.47. The van der Waals surface area contributed by atoms with Crippen LogP contribution in [0.25, 0.3) is 0 Å². The van der Waals surface area contributed by atoms with Crippen molar-refractivity contribution in [3.05, 3.63) is 84.9 Å². The van der Waals surface area contributed by atoms with Crippen LogP contribution in [0, 0.1) is 26.1 Å². The maximum atomic E-state index is 11.5. The second-order valence-corrected chi connectivity index (χ2v) is 6.91. The molecule has 0 aromatic heterocycles. The second kappa shape index (κ2) is 6.10. The van der Waals surface area contributed by atoms with E-state index in [-0.39, 0.29) is 29.3 Å². The molecule has 1 aliphatic heterocycles. The maximum Gasteiger partial charge on any atom is 0.294 e. The lowest BCUT2D eigenvalue weighted by Crippen LogP contribution is -2.29. The van der Waals surface area contributed by atoms with E-state index in [2.05, 4.69) is 5.32 Å². The first-order chi connectivity index (χ1) is 12.5. The van der Waals surface area contributed by atoms with E-state index in [9.17, 15) is 20.2 Å². The molecular formula is C18H14ClN3O4. The molecule has 0 saturated heterocycles. The molecule has 2 aliphatic rings. The summed E-state index contributed by atoms with van der Waals surface area (Å²) >= 11 is 6.09. The zero-order chi connectivity index (χ0) is 18.4. The molecule has 8 heteroatoms. The highest BCUT2D eigenvalue weighted by Gasteiger charge is 2.41. The summed E-state index contributed by atoms with van der Waals surface area (Å²) in [5.74, 6) is 0.0930. The van der Waals surface area contributed by atoms with E-state index in [0.29, 0.717) is 10.7 Å². The topological polar surface area (TPSA) is 98.3 Å².